The lowest BCUT2D eigenvalue weighted by atomic mass is 10.1. The monoisotopic (exact) mass is 360 g/mol. The molecule has 1 N–H and O–H groups in total. The molecule has 2 saturated heterocycles. The van der Waals surface area contributed by atoms with Crippen LogP contribution in [0.2, 0.25) is 0 Å². The molecule has 1 unspecified atom stereocenters. The second-order valence-electron chi connectivity index (χ2n) is 6.19. The van der Waals surface area contributed by atoms with Crippen LogP contribution in [0.4, 0.5) is 4.39 Å². The van der Waals surface area contributed by atoms with Crippen LogP contribution >= 0.6 is 11.3 Å². The zero-order valence-electron chi connectivity index (χ0n) is 13.4. The van der Waals surface area contributed by atoms with Gasteiger partial charge in [-0.15, -0.1) is 11.3 Å². The quantitative estimate of drug-likeness (QED) is 0.890. The Morgan fingerprint density at radius 3 is 2.84 bits per heavy atom. The van der Waals surface area contributed by atoms with Gasteiger partial charge in [0.15, 0.2) is 0 Å². The zero-order valence-corrected chi connectivity index (χ0v) is 14.3. The SMILES string of the molecule is O=C1NCC(=O)N2CCN(Cc3nc(-c4ccc(F)cc4)cs3)CC12. The maximum Gasteiger partial charge on any atom is 0.244 e. The molecule has 25 heavy (non-hydrogen) atoms. The first-order valence-corrected chi connectivity index (χ1v) is 8.98. The van der Waals surface area contributed by atoms with Crippen LogP contribution in [0.25, 0.3) is 11.3 Å². The van der Waals surface area contributed by atoms with Crippen molar-refractivity contribution in [1.82, 2.24) is 20.1 Å². The number of piperazine rings is 2. The van der Waals surface area contributed by atoms with Gasteiger partial charge in [-0.2, -0.15) is 0 Å². The van der Waals surface area contributed by atoms with Crippen molar-refractivity contribution in [2.75, 3.05) is 26.2 Å². The van der Waals surface area contributed by atoms with Crippen molar-refractivity contribution < 1.29 is 14.0 Å². The lowest BCUT2D eigenvalue weighted by molar-refractivity contribution is -0.149. The molecule has 1 aromatic heterocycles. The molecule has 1 aromatic carbocycles. The Bertz CT molecular complexity index is 807. The summed E-state index contributed by atoms with van der Waals surface area (Å²) in [6, 6.07) is 5.86. The van der Waals surface area contributed by atoms with Crippen molar-refractivity contribution in [2.24, 2.45) is 0 Å². The van der Waals surface area contributed by atoms with E-state index in [0.717, 1.165) is 22.8 Å². The van der Waals surface area contributed by atoms with Gasteiger partial charge in [-0.05, 0) is 24.3 Å². The second kappa shape index (κ2) is 6.53. The van der Waals surface area contributed by atoms with Crippen LogP contribution in [0, 0.1) is 5.82 Å². The molecule has 2 aliphatic heterocycles. The van der Waals surface area contributed by atoms with Crippen LogP contribution in [0.5, 0.6) is 0 Å². The lowest BCUT2D eigenvalue weighted by Gasteiger charge is -2.42. The number of nitrogens with zero attached hydrogens (tertiary/aromatic N) is 3. The summed E-state index contributed by atoms with van der Waals surface area (Å²) in [5.41, 5.74) is 1.70. The number of nitrogens with one attached hydrogen (secondary N) is 1. The van der Waals surface area contributed by atoms with E-state index in [1.807, 2.05) is 5.38 Å². The summed E-state index contributed by atoms with van der Waals surface area (Å²) in [6.45, 7) is 2.54. The van der Waals surface area contributed by atoms with Gasteiger partial charge in [0.25, 0.3) is 0 Å². The fourth-order valence-corrected chi connectivity index (χ4v) is 4.06. The van der Waals surface area contributed by atoms with E-state index in [-0.39, 0.29) is 24.2 Å². The van der Waals surface area contributed by atoms with Crippen molar-refractivity contribution in [1.29, 1.82) is 0 Å². The van der Waals surface area contributed by atoms with Crippen molar-refractivity contribution in [2.45, 2.75) is 12.6 Å². The number of hydrogen-bond acceptors (Lipinski definition) is 5. The Morgan fingerprint density at radius 2 is 2.04 bits per heavy atom. The maximum atomic E-state index is 13.0. The number of fused-ring (bicyclic) bond motifs is 1. The number of carbonyl (C=O) groups is 2. The Hall–Kier alpha value is -2.32. The maximum absolute atomic E-state index is 13.0. The second-order valence-corrected chi connectivity index (χ2v) is 7.13. The standard InChI is InChI=1S/C17H17FN4O2S/c18-12-3-1-11(2-4-12)13-10-25-15(20-13)9-21-5-6-22-14(8-21)17(24)19-7-16(22)23/h1-4,10,14H,5-9H2,(H,19,24). The van der Waals surface area contributed by atoms with Crippen molar-refractivity contribution in [3.63, 3.8) is 0 Å². The molecule has 2 aliphatic rings. The Kier molecular flexibility index (Phi) is 4.22. The summed E-state index contributed by atoms with van der Waals surface area (Å²) in [5, 5.41) is 5.54. The highest BCUT2D eigenvalue weighted by atomic mass is 32.1. The van der Waals surface area contributed by atoms with Crippen LogP contribution in [0.15, 0.2) is 29.6 Å². The molecule has 2 amide bonds. The molecule has 0 saturated carbocycles. The average Bonchev–Trinajstić information content (AvgIpc) is 3.07. The van der Waals surface area contributed by atoms with E-state index >= 15 is 0 Å². The van der Waals surface area contributed by atoms with Gasteiger partial charge in [0.05, 0.1) is 18.8 Å². The van der Waals surface area contributed by atoms with Crippen LogP contribution in [0.3, 0.4) is 0 Å². The lowest BCUT2D eigenvalue weighted by Crippen LogP contribution is -2.65. The Morgan fingerprint density at radius 1 is 1.24 bits per heavy atom. The summed E-state index contributed by atoms with van der Waals surface area (Å²) in [5.74, 6) is -0.370. The molecule has 0 spiro atoms. The summed E-state index contributed by atoms with van der Waals surface area (Å²) in [7, 11) is 0. The molecule has 2 fully saturated rings. The first kappa shape index (κ1) is 16.2. The van der Waals surface area contributed by atoms with Crippen molar-refractivity contribution >= 4 is 23.2 Å². The fraction of sp³-hybridized carbons (Fsp3) is 0.353. The predicted molar refractivity (Wildman–Crippen MR) is 91.3 cm³/mol. The molecule has 0 radical (unpaired) electrons. The fourth-order valence-electron chi connectivity index (χ4n) is 3.22. The molecule has 2 aromatic rings. The summed E-state index contributed by atoms with van der Waals surface area (Å²) < 4.78 is 13.0. The third-order valence-corrected chi connectivity index (χ3v) is 5.39. The van der Waals surface area contributed by atoms with Gasteiger partial charge in [-0.25, -0.2) is 9.37 Å². The van der Waals surface area contributed by atoms with E-state index < -0.39 is 6.04 Å². The molecule has 0 bridgehead atoms. The van der Waals surface area contributed by atoms with E-state index in [2.05, 4.69) is 15.2 Å². The van der Waals surface area contributed by atoms with E-state index in [0.29, 0.717) is 19.6 Å². The highest BCUT2D eigenvalue weighted by Crippen LogP contribution is 2.24. The van der Waals surface area contributed by atoms with Gasteiger partial charge in [0.2, 0.25) is 11.8 Å². The largest absolute Gasteiger partial charge is 0.345 e. The highest BCUT2D eigenvalue weighted by molar-refractivity contribution is 7.09. The van der Waals surface area contributed by atoms with E-state index in [1.54, 1.807) is 28.4 Å². The number of rotatable bonds is 3. The third-order valence-electron chi connectivity index (χ3n) is 4.55. The number of aromatic nitrogens is 1. The highest BCUT2D eigenvalue weighted by Gasteiger charge is 2.38. The molecule has 8 heteroatoms. The van der Waals surface area contributed by atoms with Gasteiger partial charge in [-0.3, -0.25) is 14.5 Å². The molecule has 3 heterocycles. The minimum absolute atomic E-state index is 0.0166. The Balaban J connectivity index is 1.44. The molecular weight excluding hydrogens is 343 g/mol. The van der Waals surface area contributed by atoms with Gasteiger partial charge < -0.3 is 10.2 Å². The Labute approximate surface area is 148 Å². The predicted octanol–water partition coefficient (Wildman–Crippen LogP) is 1.09. The average molecular weight is 360 g/mol. The number of benzene rings is 1. The number of carbonyl (C=O) groups excluding carboxylic acids is 2. The van der Waals surface area contributed by atoms with Crippen molar-refractivity contribution in [3.8, 4) is 11.3 Å². The van der Waals surface area contributed by atoms with Gasteiger partial charge in [-0.1, -0.05) is 0 Å². The van der Waals surface area contributed by atoms with Crippen molar-refractivity contribution in [3.05, 3.63) is 40.5 Å². The van der Waals surface area contributed by atoms with Crippen LogP contribution in [-0.4, -0.2) is 58.8 Å². The van der Waals surface area contributed by atoms with Gasteiger partial charge >= 0.3 is 0 Å². The summed E-state index contributed by atoms with van der Waals surface area (Å²) in [6.07, 6.45) is 0. The number of thiazole rings is 1. The molecular formula is C17H17FN4O2S. The number of halogens is 1. The smallest absolute Gasteiger partial charge is 0.244 e. The molecule has 1 atom stereocenters. The summed E-state index contributed by atoms with van der Waals surface area (Å²) in [4.78, 5) is 32.3. The molecule has 6 nitrogen and oxygen atoms in total. The molecule has 130 valence electrons. The first-order valence-electron chi connectivity index (χ1n) is 8.10. The first-order chi connectivity index (χ1) is 12.1. The van der Waals surface area contributed by atoms with Crippen LogP contribution in [0.1, 0.15) is 5.01 Å². The van der Waals surface area contributed by atoms with Gasteiger partial charge in [0.1, 0.15) is 16.9 Å². The number of hydrogen-bond donors (Lipinski definition) is 1. The third kappa shape index (κ3) is 3.27. The topological polar surface area (TPSA) is 65.5 Å². The van der Waals surface area contributed by atoms with E-state index in [1.165, 1.54) is 12.1 Å². The van der Waals surface area contributed by atoms with E-state index in [9.17, 15) is 14.0 Å². The van der Waals surface area contributed by atoms with Gasteiger partial charge in [0, 0.05) is 30.6 Å². The van der Waals surface area contributed by atoms with Crippen LogP contribution in [-0.2, 0) is 16.1 Å². The molecule has 0 aliphatic carbocycles. The van der Waals surface area contributed by atoms with E-state index in [4.69, 9.17) is 0 Å². The zero-order chi connectivity index (χ0) is 17.4. The summed E-state index contributed by atoms with van der Waals surface area (Å²) >= 11 is 1.55. The number of amides is 2. The normalized spacial score (nSPS) is 21.2. The van der Waals surface area contributed by atoms with Crippen LogP contribution < -0.4 is 5.32 Å². The minimum Gasteiger partial charge on any atom is -0.345 e. The minimum atomic E-state index is -0.411. The molecule has 4 rings (SSSR count).